The molecule has 0 saturated heterocycles. The molecule has 0 atom stereocenters. The fraction of sp³-hybridized carbons (Fsp3) is 0.0769. The molecule has 0 radical (unpaired) electrons. The second-order valence-electron chi connectivity index (χ2n) is 6.70. The van der Waals surface area contributed by atoms with Crippen LogP contribution in [-0.2, 0) is 6.42 Å². The van der Waals surface area contributed by atoms with Gasteiger partial charge in [0, 0.05) is 29.0 Å². The number of pyridine rings is 2. The molecule has 0 amide bonds. The number of nitrogens with zero attached hydrogens (tertiary/aromatic N) is 2. The molecule has 3 heteroatoms. The molecule has 142 valence electrons. The molecule has 0 aliphatic rings. The molecule has 29 heavy (non-hydrogen) atoms. The molecule has 5 rings (SSSR count). The van der Waals surface area contributed by atoms with Crippen LogP contribution in [0.2, 0.25) is 0 Å². The normalized spacial score (nSPS) is 10.4. The minimum atomic E-state index is 0.661. The topological polar surface area (TPSA) is 35.0 Å². The highest BCUT2D eigenvalue weighted by atomic mass is 16.5. The van der Waals surface area contributed by atoms with E-state index in [2.05, 4.69) is 58.5 Å². The van der Waals surface area contributed by atoms with Crippen LogP contribution in [0.1, 0.15) is 11.3 Å². The highest BCUT2D eigenvalue weighted by Gasteiger charge is 1.99. The van der Waals surface area contributed by atoms with Crippen molar-refractivity contribution in [3.8, 4) is 5.88 Å². The minimum absolute atomic E-state index is 0.661. The summed E-state index contributed by atoms with van der Waals surface area (Å²) in [7, 11) is 1.62. The van der Waals surface area contributed by atoms with Gasteiger partial charge in [-0.3, -0.25) is 4.98 Å². The largest absolute Gasteiger partial charge is 0.481 e. The number of hydrogen-bond donors (Lipinski definition) is 0. The quantitative estimate of drug-likeness (QED) is 0.382. The van der Waals surface area contributed by atoms with Crippen LogP contribution >= 0.6 is 0 Å². The smallest absolute Gasteiger partial charge is 0.213 e. The lowest BCUT2D eigenvalue weighted by Crippen LogP contribution is -1.92. The molecule has 2 aromatic heterocycles. The molecule has 0 fully saturated rings. The minimum Gasteiger partial charge on any atom is -0.481 e. The van der Waals surface area contributed by atoms with Crippen LogP contribution in [0.4, 0.5) is 0 Å². The lowest BCUT2D eigenvalue weighted by molar-refractivity contribution is 0.399. The van der Waals surface area contributed by atoms with E-state index in [1.165, 1.54) is 10.9 Å². The Morgan fingerprint density at radius 1 is 0.586 bits per heavy atom. The van der Waals surface area contributed by atoms with Crippen molar-refractivity contribution in [1.82, 2.24) is 9.97 Å². The van der Waals surface area contributed by atoms with Crippen LogP contribution in [-0.4, -0.2) is 17.1 Å². The molecule has 0 bridgehead atoms. The van der Waals surface area contributed by atoms with Crippen molar-refractivity contribution in [3.05, 3.63) is 114 Å². The number of para-hydroxylation sites is 2. The van der Waals surface area contributed by atoms with Crippen LogP contribution in [0.15, 0.2) is 103 Å². The Hall–Kier alpha value is -3.72. The Morgan fingerprint density at radius 3 is 1.86 bits per heavy atom. The highest BCUT2D eigenvalue weighted by Crippen LogP contribution is 2.15. The average molecular weight is 378 g/mol. The summed E-state index contributed by atoms with van der Waals surface area (Å²) in [4.78, 5) is 8.94. The van der Waals surface area contributed by atoms with Gasteiger partial charge in [-0.15, -0.1) is 0 Å². The van der Waals surface area contributed by atoms with Crippen molar-refractivity contribution >= 4 is 21.8 Å². The van der Waals surface area contributed by atoms with Crippen molar-refractivity contribution < 1.29 is 4.74 Å². The number of methoxy groups -OCH3 is 1. The maximum absolute atomic E-state index is 5.01. The van der Waals surface area contributed by atoms with E-state index in [1.807, 2.05) is 54.6 Å². The van der Waals surface area contributed by atoms with Gasteiger partial charge < -0.3 is 4.74 Å². The third-order valence-corrected chi connectivity index (χ3v) is 4.67. The molecule has 2 heterocycles. The van der Waals surface area contributed by atoms with Crippen molar-refractivity contribution in [2.75, 3.05) is 7.11 Å². The van der Waals surface area contributed by atoms with E-state index in [-0.39, 0.29) is 0 Å². The summed E-state index contributed by atoms with van der Waals surface area (Å²) >= 11 is 0. The van der Waals surface area contributed by atoms with Gasteiger partial charge in [-0.25, -0.2) is 4.98 Å². The number of hydrogen-bond acceptors (Lipinski definition) is 3. The predicted octanol–water partition coefficient (Wildman–Crippen LogP) is 6.07. The first kappa shape index (κ1) is 18.6. The number of benzene rings is 3. The standard InChI is InChI=1S/C16H13N.C10H9NO/c1-2-6-13(7-3-1)12-15-11-10-14-8-4-5-9-16(14)17-15;1-12-10-7-6-8-4-2-3-5-9(8)11-10/h1-11H,12H2;2-7H,1H3. The lowest BCUT2D eigenvalue weighted by Gasteiger charge is -2.03. The maximum Gasteiger partial charge on any atom is 0.213 e. The Balaban J connectivity index is 0.000000150. The fourth-order valence-corrected chi connectivity index (χ4v) is 3.17. The summed E-state index contributed by atoms with van der Waals surface area (Å²) in [6, 6.07) is 34.7. The Morgan fingerprint density at radius 2 is 1.17 bits per heavy atom. The Bertz CT molecular complexity index is 1220. The predicted molar refractivity (Wildman–Crippen MR) is 119 cm³/mol. The molecule has 0 unspecified atom stereocenters. The molecule has 0 spiro atoms. The van der Waals surface area contributed by atoms with Gasteiger partial charge in [0.05, 0.1) is 18.1 Å². The molecular weight excluding hydrogens is 356 g/mol. The second kappa shape index (κ2) is 8.98. The lowest BCUT2D eigenvalue weighted by atomic mass is 10.1. The molecule has 3 aromatic carbocycles. The zero-order valence-electron chi connectivity index (χ0n) is 16.3. The van der Waals surface area contributed by atoms with Gasteiger partial charge in [-0.05, 0) is 29.8 Å². The van der Waals surface area contributed by atoms with Gasteiger partial charge in [0.1, 0.15) is 0 Å². The monoisotopic (exact) mass is 378 g/mol. The van der Waals surface area contributed by atoms with Crippen molar-refractivity contribution in [2.24, 2.45) is 0 Å². The van der Waals surface area contributed by atoms with Crippen LogP contribution in [0, 0.1) is 0 Å². The van der Waals surface area contributed by atoms with Gasteiger partial charge in [0.25, 0.3) is 0 Å². The molecule has 0 N–H and O–H groups in total. The second-order valence-corrected chi connectivity index (χ2v) is 6.70. The first-order valence-electron chi connectivity index (χ1n) is 9.60. The molecular formula is C26H22N2O. The molecule has 5 aromatic rings. The first-order valence-corrected chi connectivity index (χ1v) is 9.60. The summed E-state index contributed by atoms with van der Waals surface area (Å²) in [5, 5.41) is 2.34. The number of ether oxygens (including phenoxy) is 1. The third-order valence-electron chi connectivity index (χ3n) is 4.67. The van der Waals surface area contributed by atoms with Gasteiger partial charge in [0.2, 0.25) is 5.88 Å². The van der Waals surface area contributed by atoms with Gasteiger partial charge >= 0.3 is 0 Å². The number of aromatic nitrogens is 2. The van der Waals surface area contributed by atoms with Gasteiger partial charge in [-0.2, -0.15) is 0 Å². The summed E-state index contributed by atoms with van der Waals surface area (Å²) in [5.41, 5.74) is 4.46. The summed E-state index contributed by atoms with van der Waals surface area (Å²) in [5.74, 6) is 0.661. The van der Waals surface area contributed by atoms with E-state index in [9.17, 15) is 0 Å². The average Bonchev–Trinajstić information content (AvgIpc) is 2.80. The van der Waals surface area contributed by atoms with Crippen LogP contribution in [0.5, 0.6) is 5.88 Å². The first-order chi connectivity index (χ1) is 14.3. The summed E-state index contributed by atoms with van der Waals surface area (Å²) < 4.78 is 5.01. The molecule has 0 saturated carbocycles. The van der Waals surface area contributed by atoms with E-state index in [1.54, 1.807) is 7.11 Å². The maximum atomic E-state index is 5.01. The SMILES string of the molecule is COc1ccc2ccccc2n1.c1ccc(Cc2ccc3ccccc3n2)cc1. The van der Waals surface area contributed by atoms with Crippen molar-refractivity contribution in [3.63, 3.8) is 0 Å². The Labute approximate surface area is 170 Å². The van der Waals surface area contributed by atoms with E-state index in [0.29, 0.717) is 5.88 Å². The van der Waals surface area contributed by atoms with Crippen LogP contribution in [0.3, 0.4) is 0 Å². The highest BCUT2D eigenvalue weighted by molar-refractivity contribution is 5.79. The van der Waals surface area contributed by atoms with E-state index < -0.39 is 0 Å². The molecule has 0 aliphatic heterocycles. The van der Waals surface area contributed by atoms with Crippen LogP contribution in [0.25, 0.3) is 21.8 Å². The van der Waals surface area contributed by atoms with Crippen molar-refractivity contribution in [2.45, 2.75) is 6.42 Å². The Kier molecular flexibility index (Phi) is 5.77. The number of fused-ring (bicyclic) bond motifs is 2. The van der Waals surface area contributed by atoms with Crippen LogP contribution < -0.4 is 4.74 Å². The third kappa shape index (κ3) is 4.77. The summed E-state index contributed by atoms with van der Waals surface area (Å²) in [6.07, 6.45) is 0.895. The zero-order valence-corrected chi connectivity index (χ0v) is 16.3. The summed E-state index contributed by atoms with van der Waals surface area (Å²) in [6.45, 7) is 0. The van der Waals surface area contributed by atoms with E-state index in [4.69, 9.17) is 4.74 Å². The van der Waals surface area contributed by atoms with E-state index in [0.717, 1.165) is 28.5 Å². The fourth-order valence-electron chi connectivity index (χ4n) is 3.17. The van der Waals surface area contributed by atoms with Crippen molar-refractivity contribution in [1.29, 1.82) is 0 Å². The van der Waals surface area contributed by atoms with E-state index >= 15 is 0 Å². The molecule has 0 aliphatic carbocycles. The number of rotatable bonds is 3. The molecule has 3 nitrogen and oxygen atoms in total. The van der Waals surface area contributed by atoms with Gasteiger partial charge in [0.15, 0.2) is 0 Å². The zero-order chi connectivity index (χ0) is 19.9. The van der Waals surface area contributed by atoms with Gasteiger partial charge in [-0.1, -0.05) is 72.8 Å².